The van der Waals surface area contributed by atoms with Crippen LogP contribution >= 0.6 is 15.9 Å². The Morgan fingerprint density at radius 1 is 1.47 bits per heavy atom. The minimum atomic E-state index is -0.0824. The smallest absolute Gasteiger partial charge is 0.257 e. The molecule has 0 aromatic heterocycles. The zero-order valence-corrected chi connectivity index (χ0v) is 12.0. The second-order valence-corrected chi connectivity index (χ2v) is 5.31. The molecule has 0 atom stereocenters. The molecule has 94 valence electrons. The number of rotatable bonds is 5. The van der Waals surface area contributed by atoms with Crippen LogP contribution in [-0.2, 0) is 4.79 Å². The van der Waals surface area contributed by atoms with Gasteiger partial charge in [-0.3, -0.25) is 4.79 Å². The predicted molar refractivity (Wildman–Crippen MR) is 72.2 cm³/mol. The fraction of sp³-hybridized carbons (Fsp3) is 0.462. The van der Waals surface area contributed by atoms with Crippen LogP contribution in [0.3, 0.4) is 0 Å². The van der Waals surface area contributed by atoms with Crippen molar-refractivity contribution in [1.82, 2.24) is 5.32 Å². The van der Waals surface area contributed by atoms with Crippen molar-refractivity contribution in [3.05, 3.63) is 28.2 Å². The van der Waals surface area contributed by atoms with Gasteiger partial charge in [0.1, 0.15) is 5.75 Å². The van der Waals surface area contributed by atoms with Crippen LogP contribution in [0.5, 0.6) is 5.75 Å². The molecule has 1 amide bonds. The third-order valence-electron chi connectivity index (χ3n) is 2.20. The Kier molecular flexibility index (Phi) is 5.48. The van der Waals surface area contributed by atoms with Crippen LogP contribution in [0.4, 0.5) is 0 Å². The first kappa shape index (κ1) is 14.0. The summed E-state index contributed by atoms with van der Waals surface area (Å²) in [5.41, 5.74) is 1.01. The van der Waals surface area contributed by atoms with Gasteiger partial charge >= 0.3 is 0 Å². The van der Waals surface area contributed by atoms with Crippen LogP contribution in [0.25, 0.3) is 0 Å². The van der Waals surface area contributed by atoms with Crippen molar-refractivity contribution in [3.63, 3.8) is 0 Å². The predicted octanol–water partition coefficient (Wildman–Crippen LogP) is 2.91. The van der Waals surface area contributed by atoms with E-state index in [2.05, 4.69) is 35.1 Å². The molecule has 0 aliphatic rings. The van der Waals surface area contributed by atoms with Gasteiger partial charge in [0.2, 0.25) is 0 Å². The number of aryl methyl sites for hydroxylation is 1. The zero-order valence-electron chi connectivity index (χ0n) is 10.4. The molecule has 1 rings (SSSR count). The normalized spacial score (nSPS) is 10.4. The van der Waals surface area contributed by atoms with Crippen LogP contribution in [0.2, 0.25) is 0 Å². The average molecular weight is 300 g/mol. The Hall–Kier alpha value is -1.03. The molecule has 0 heterocycles. The minimum Gasteiger partial charge on any atom is -0.484 e. The fourth-order valence-electron chi connectivity index (χ4n) is 1.29. The summed E-state index contributed by atoms with van der Waals surface area (Å²) in [6.45, 7) is 6.81. The summed E-state index contributed by atoms with van der Waals surface area (Å²) < 4.78 is 6.46. The molecule has 0 bridgehead atoms. The Labute approximate surface area is 111 Å². The summed E-state index contributed by atoms with van der Waals surface area (Å²) in [5, 5.41) is 2.81. The molecule has 17 heavy (non-hydrogen) atoms. The van der Waals surface area contributed by atoms with Crippen LogP contribution in [0, 0.1) is 12.8 Å². The van der Waals surface area contributed by atoms with Crippen molar-refractivity contribution in [2.45, 2.75) is 20.8 Å². The Bertz CT molecular complexity index is 391. The van der Waals surface area contributed by atoms with E-state index in [0.717, 1.165) is 15.8 Å². The summed E-state index contributed by atoms with van der Waals surface area (Å²) in [6.07, 6.45) is 0. The zero-order chi connectivity index (χ0) is 12.8. The Morgan fingerprint density at radius 2 is 2.18 bits per heavy atom. The molecular formula is C13H18BrNO2. The van der Waals surface area contributed by atoms with Crippen molar-refractivity contribution in [3.8, 4) is 5.75 Å². The molecule has 1 aromatic carbocycles. The maximum absolute atomic E-state index is 11.5. The molecule has 1 aromatic rings. The number of benzene rings is 1. The minimum absolute atomic E-state index is 0.0647. The number of hydrogen-bond donors (Lipinski definition) is 1. The first-order valence-electron chi connectivity index (χ1n) is 5.64. The van der Waals surface area contributed by atoms with Crippen LogP contribution in [-0.4, -0.2) is 19.1 Å². The summed E-state index contributed by atoms with van der Waals surface area (Å²) in [7, 11) is 0. The first-order valence-corrected chi connectivity index (χ1v) is 6.44. The summed E-state index contributed by atoms with van der Waals surface area (Å²) >= 11 is 3.38. The topological polar surface area (TPSA) is 38.3 Å². The summed E-state index contributed by atoms with van der Waals surface area (Å²) in [6, 6.07) is 5.71. The number of ether oxygens (including phenoxy) is 1. The molecule has 0 saturated carbocycles. The molecule has 0 unspecified atom stereocenters. The first-order chi connectivity index (χ1) is 7.99. The second kappa shape index (κ2) is 6.64. The van der Waals surface area contributed by atoms with Crippen LogP contribution in [0.1, 0.15) is 19.4 Å². The molecule has 3 nitrogen and oxygen atoms in total. The van der Waals surface area contributed by atoms with E-state index in [0.29, 0.717) is 12.5 Å². The van der Waals surface area contributed by atoms with Gasteiger partial charge in [-0.1, -0.05) is 29.8 Å². The van der Waals surface area contributed by atoms with Gasteiger partial charge in [0.25, 0.3) is 5.91 Å². The number of halogens is 1. The SMILES string of the molecule is Cc1cc(Br)ccc1OCC(=O)NCC(C)C. The summed E-state index contributed by atoms with van der Waals surface area (Å²) in [5.74, 6) is 1.11. The van der Waals surface area contributed by atoms with Gasteiger partial charge in [-0.25, -0.2) is 0 Å². The van der Waals surface area contributed by atoms with E-state index in [1.807, 2.05) is 25.1 Å². The second-order valence-electron chi connectivity index (χ2n) is 4.40. The van der Waals surface area contributed by atoms with Gasteiger partial charge in [-0.15, -0.1) is 0 Å². The molecule has 0 aliphatic heterocycles. The third kappa shape index (κ3) is 5.22. The van der Waals surface area contributed by atoms with E-state index >= 15 is 0 Å². The van der Waals surface area contributed by atoms with Crippen LogP contribution in [0.15, 0.2) is 22.7 Å². The monoisotopic (exact) mass is 299 g/mol. The third-order valence-corrected chi connectivity index (χ3v) is 2.70. The molecular weight excluding hydrogens is 282 g/mol. The quantitative estimate of drug-likeness (QED) is 0.908. The lowest BCUT2D eigenvalue weighted by molar-refractivity contribution is -0.123. The highest BCUT2D eigenvalue weighted by Gasteiger charge is 2.05. The standard InChI is InChI=1S/C13H18BrNO2/c1-9(2)7-15-13(16)8-17-12-5-4-11(14)6-10(12)3/h4-6,9H,7-8H2,1-3H3,(H,15,16). The lowest BCUT2D eigenvalue weighted by Gasteiger charge is -2.10. The van der Waals surface area contributed by atoms with Gasteiger partial charge in [0.05, 0.1) is 0 Å². The number of carbonyl (C=O) groups excluding carboxylic acids is 1. The highest BCUT2D eigenvalue weighted by molar-refractivity contribution is 9.10. The fourth-order valence-corrected chi connectivity index (χ4v) is 1.76. The highest BCUT2D eigenvalue weighted by atomic mass is 79.9. The lowest BCUT2D eigenvalue weighted by atomic mass is 10.2. The van der Waals surface area contributed by atoms with Gasteiger partial charge < -0.3 is 10.1 Å². The maximum Gasteiger partial charge on any atom is 0.257 e. The van der Waals surface area contributed by atoms with Crippen molar-refractivity contribution in [2.24, 2.45) is 5.92 Å². The Balaban J connectivity index is 2.42. The average Bonchev–Trinajstić information content (AvgIpc) is 2.25. The van der Waals surface area contributed by atoms with Gasteiger partial charge in [-0.05, 0) is 36.6 Å². The molecule has 1 N–H and O–H groups in total. The van der Waals surface area contributed by atoms with Crippen molar-refractivity contribution in [1.29, 1.82) is 0 Å². The number of carbonyl (C=O) groups is 1. The van der Waals surface area contributed by atoms with Crippen molar-refractivity contribution < 1.29 is 9.53 Å². The van der Waals surface area contributed by atoms with Gasteiger partial charge in [-0.2, -0.15) is 0 Å². The summed E-state index contributed by atoms with van der Waals surface area (Å²) in [4.78, 5) is 11.5. The molecule has 0 spiro atoms. The van der Waals surface area contributed by atoms with E-state index in [1.54, 1.807) is 0 Å². The maximum atomic E-state index is 11.5. The molecule has 0 saturated heterocycles. The molecule has 0 radical (unpaired) electrons. The largest absolute Gasteiger partial charge is 0.484 e. The number of nitrogens with one attached hydrogen (secondary N) is 1. The van der Waals surface area contributed by atoms with Gasteiger partial charge in [0.15, 0.2) is 6.61 Å². The van der Waals surface area contributed by atoms with E-state index < -0.39 is 0 Å². The molecule has 4 heteroatoms. The number of hydrogen-bond acceptors (Lipinski definition) is 2. The van der Waals surface area contributed by atoms with E-state index in [9.17, 15) is 4.79 Å². The van der Waals surface area contributed by atoms with Crippen molar-refractivity contribution in [2.75, 3.05) is 13.2 Å². The Morgan fingerprint density at radius 3 is 2.76 bits per heavy atom. The molecule has 0 aliphatic carbocycles. The van der Waals surface area contributed by atoms with Crippen LogP contribution < -0.4 is 10.1 Å². The molecule has 0 fully saturated rings. The van der Waals surface area contributed by atoms with Gasteiger partial charge in [0, 0.05) is 11.0 Å². The lowest BCUT2D eigenvalue weighted by Crippen LogP contribution is -2.31. The van der Waals surface area contributed by atoms with E-state index in [-0.39, 0.29) is 12.5 Å². The highest BCUT2D eigenvalue weighted by Crippen LogP contribution is 2.21. The number of amides is 1. The van der Waals surface area contributed by atoms with E-state index in [4.69, 9.17) is 4.74 Å². The van der Waals surface area contributed by atoms with E-state index in [1.165, 1.54) is 0 Å². The van der Waals surface area contributed by atoms with Crippen molar-refractivity contribution >= 4 is 21.8 Å².